The van der Waals surface area contributed by atoms with Gasteiger partial charge in [-0.15, -0.1) is 18.3 Å². The van der Waals surface area contributed by atoms with Crippen LogP contribution in [0.4, 0.5) is 5.69 Å². The highest BCUT2D eigenvalue weighted by molar-refractivity contribution is 8.00. The molecule has 1 aromatic heterocycles. The maximum absolute atomic E-state index is 12.7. The van der Waals surface area contributed by atoms with Gasteiger partial charge in [0.2, 0.25) is 5.91 Å². The number of thioether (sulfide) groups is 1. The first-order valence-corrected chi connectivity index (χ1v) is 9.31. The van der Waals surface area contributed by atoms with E-state index in [1.165, 1.54) is 42.1 Å². The second kappa shape index (κ2) is 7.50. The number of carbonyl (C=O) groups excluding carboxylic acids is 2. The molecule has 1 aromatic rings. The highest BCUT2D eigenvalue weighted by Gasteiger charge is 2.56. The molecule has 2 aliphatic heterocycles. The van der Waals surface area contributed by atoms with Crippen molar-refractivity contribution in [1.29, 1.82) is 0 Å². The predicted molar refractivity (Wildman–Crippen MR) is 102 cm³/mol. The Bertz CT molecular complexity index is 858. The van der Waals surface area contributed by atoms with Crippen LogP contribution in [0.25, 0.3) is 0 Å². The molecule has 2 amide bonds. The molecule has 0 aromatic carbocycles. The molecule has 10 nitrogen and oxygen atoms in total. The van der Waals surface area contributed by atoms with Crippen molar-refractivity contribution in [3.63, 3.8) is 0 Å². The van der Waals surface area contributed by atoms with E-state index in [0.717, 1.165) is 0 Å². The largest absolute Gasteiger partial charge is 0.481 e. The first-order valence-electron chi connectivity index (χ1n) is 8.26. The maximum atomic E-state index is 12.7. The maximum Gasteiger partial charge on any atom is 0.316 e. The van der Waals surface area contributed by atoms with E-state index in [1.807, 2.05) is 0 Å². The van der Waals surface area contributed by atoms with Crippen molar-refractivity contribution in [2.75, 3.05) is 25.1 Å². The molecule has 148 valence electrons. The fraction of sp³-hybridized carbons (Fsp3) is 0.353. The number of nitrogens with two attached hydrogens (primary N) is 1. The quantitative estimate of drug-likeness (QED) is 0.252. The number of nitrogens with zero attached hydrogens (tertiary/aromatic N) is 3. The average Bonchev–Trinajstić information content (AvgIpc) is 2.70. The van der Waals surface area contributed by atoms with Crippen LogP contribution in [-0.2, 0) is 19.2 Å². The number of anilines is 1. The number of amides is 2. The lowest BCUT2D eigenvalue weighted by Gasteiger charge is -2.53. The summed E-state index contributed by atoms with van der Waals surface area (Å²) in [6.07, 6.45) is 2.73. The second-order valence-electron chi connectivity index (χ2n) is 6.38. The van der Waals surface area contributed by atoms with Crippen molar-refractivity contribution in [1.82, 2.24) is 15.2 Å². The summed E-state index contributed by atoms with van der Waals surface area (Å²) in [5.74, 6) is -1.76. The zero-order valence-electron chi connectivity index (χ0n) is 15.0. The van der Waals surface area contributed by atoms with E-state index >= 15 is 0 Å². The van der Waals surface area contributed by atoms with Crippen LogP contribution < -0.4 is 11.1 Å². The number of nitrogen functional groups attached to an aromatic ring is 1. The van der Waals surface area contributed by atoms with Crippen molar-refractivity contribution >= 4 is 40.9 Å². The first-order chi connectivity index (χ1) is 13.3. The average molecular weight is 405 g/mol. The molecule has 2 unspecified atom stereocenters. The highest BCUT2D eigenvalue weighted by Crippen LogP contribution is 2.42. The van der Waals surface area contributed by atoms with Gasteiger partial charge in [0.15, 0.2) is 5.71 Å². The second-order valence-corrected chi connectivity index (χ2v) is 7.49. The van der Waals surface area contributed by atoms with Crippen LogP contribution in [0.15, 0.2) is 36.1 Å². The van der Waals surface area contributed by atoms with Crippen molar-refractivity contribution in [3.05, 3.63) is 36.7 Å². The van der Waals surface area contributed by atoms with Crippen molar-refractivity contribution in [2.45, 2.75) is 11.4 Å². The Labute approximate surface area is 164 Å². The minimum absolute atomic E-state index is 0.0211. The van der Waals surface area contributed by atoms with Gasteiger partial charge in [-0.05, 0) is 12.1 Å². The van der Waals surface area contributed by atoms with Gasteiger partial charge >= 0.3 is 5.97 Å². The Balaban J connectivity index is 1.72. The summed E-state index contributed by atoms with van der Waals surface area (Å²) in [5.41, 5.74) is 4.97. The van der Waals surface area contributed by atoms with Crippen LogP contribution in [0.5, 0.6) is 0 Å². The fourth-order valence-electron chi connectivity index (χ4n) is 2.99. The number of hydrogen-bond acceptors (Lipinski definition) is 8. The number of hydrogen-bond donors (Lipinski definition) is 3. The van der Waals surface area contributed by atoms with Crippen molar-refractivity contribution < 1.29 is 24.3 Å². The predicted octanol–water partition coefficient (Wildman–Crippen LogP) is -0.329. The fourth-order valence-corrected chi connectivity index (χ4v) is 4.52. The number of oxime groups is 1. The van der Waals surface area contributed by atoms with Gasteiger partial charge in [-0.1, -0.05) is 11.2 Å². The monoisotopic (exact) mass is 405 g/mol. The summed E-state index contributed by atoms with van der Waals surface area (Å²) >= 11 is 1.28. The topological polar surface area (TPSA) is 147 Å². The van der Waals surface area contributed by atoms with E-state index in [4.69, 9.17) is 10.6 Å². The molecule has 3 rings (SSSR count). The van der Waals surface area contributed by atoms with Crippen LogP contribution in [0.3, 0.4) is 0 Å². The normalized spacial score (nSPS) is 26.7. The molecule has 0 saturated carbocycles. The van der Waals surface area contributed by atoms with Gasteiger partial charge in [-0.25, -0.2) is 0 Å². The smallest absolute Gasteiger partial charge is 0.316 e. The minimum atomic E-state index is -1.19. The summed E-state index contributed by atoms with van der Waals surface area (Å²) < 4.78 is 0. The summed E-state index contributed by atoms with van der Waals surface area (Å²) in [4.78, 5) is 46.9. The third-order valence-electron chi connectivity index (χ3n) is 4.64. The Morgan fingerprint density at radius 1 is 1.57 bits per heavy atom. The number of carboxylic acid groups (broad SMARTS) is 1. The molecule has 0 aliphatic carbocycles. The lowest BCUT2D eigenvalue weighted by Crippen LogP contribution is -2.73. The molecule has 11 heteroatoms. The van der Waals surface area contributed by atoms with Crippen LogP contribution in [0.1, 0.15) is 5.69 Å². The van der Waals surface area contributed by atoms with Gasteiger partial charge < -0.3 is 25.9 Å². The minimum Gasteiger partial charge on any atom is -0.481 e. The molecule has 3 atom stereocenters. The SMILES string of the molecule is C=CC1(C(=O)O)CS[C@@H]2C(NC(=O)C(=NOC)c3ccc(N)cn3)C(=O)N2C1. The van der Waals surface area contributed by atoms with Crippen LogP contribution in [0, 0.1) is 5.41 Å². The first kappa shape index (κ1) is 19.7. The van der Waals surface area contributed by atoms with Gasteiger partial charge in [0.25, 0.3) is 5.91 Å². The Morgan fingerprint density at radius 2 is 2.32 bits per heavy atom. The number of nitrogens with one attached hydrogen (secondary N) is 1. The molecular formula is C17H19N5O5S. The number of β-lactam (4-membered cyclic amide) rings is 1. The molecule has 0 spiro atoms. The zero-order valence-corrected chi connectivity index (χ0v) is 15.8. The van der Waals surface area contributed by atoms with Gasteiger partial charge in [0, 0.05) is 12.3 Å². The molecule has 4 N–H and O–H groups in total. The number of fused-ring (bicyclic) bond motifs is 1. The summed E-state index contributed by atoms with van der Waals surface area (Å²) in [7, 11) is 1.29. The van der Waals surface area contributed by atoms with E-state index < -0.39 is 23.3 Å². The molecule has 3 heterocycles. The molecule has 2 saturated heterocycles. The molecule has 0 radical (unpaired) electrons. The molecule has 0 bridgehead atoms. The van der Waals surface area contributed by atoms with Crippen molar-refractivity contribution in [3.8, 4) is 0 Å². The lowest BCUT2D eigenvalue weighted by molar-refractivity contribution is -0.156. The summed E-state index contributed by atoms with van der Waals surface area (Å²) in [5, 5.41) is 15.4. The summed E-state index contributed by atoms with van der Waals surface area (Å²) in [6.45, 7) is 3.61. The number of carbonyl (C=O) groups is 3. The van der Waals surface area contributed by atoms with Crippen molar-refractivity contribution in [2.24, 2.45) is 10.6 Å². The number of carboxylic acids is 1. The van der Waals surface area contributed by atoms with E-state index in [9.17, 15) is 19.5 Å². The Morgan fingerprint density at radius 3 is 2.89 bits per heavy atom. The van der Waals surface area contributed by atoms with E-state index in [0.29, 0.717) is 5.69 Å². The standard InChI is InChI=1S/C17H19N5O5S/c1-3-17(16(25)26)7-22-14(24)12(15(22)28-8-17)20-13(23)11(21-27-2)10-5-4-9(18)6-19-10/h3-6,12,15H,1,7-8,18H2,2H3,(H,20,23)(H,25,26)/t12?,15-,17?/m1/s1. The van der Waals surface area contributed by atoms with E-state index in [1.54, 1.807) is 6.07 Å². The highest BCUT2D eigenvalue weighted by atomic mass is 32.2. The zero-order chi connectivity index (χ0) is 20.5. The summed E-state index contributed by atoms with van der Waals surface area (Å²) in [6, 6.07) is 2.29. The third kappa shape index (κ3) is 3.28. The number of pyridine rings is 1. The number of aliphatic carboxylic acids is 1. The van der Waals surface area contributed by atoms with E-state index in [2.05, 4.69) is 22.0 Å². The van der Waals surface area contributed by atoms with Gasteiger partial charge in [-0.3, -0.25) is 19.4 Å². The molecular weight excluding hydrogens is 386 g/mol. The number of rotatable bonds is 6. The molecule has 2 aliphatic rings. The molecule has 2 fully saturated rings. The van der Waals surface area contributed by atoms with Crippen LogP contribution in [-0.4, -0.2) is 69.3 Å². The van der Waals surface area contributed by atoms with Gasteiger partial charge in [0.1, 0.15) is 23.9 Å². The van der Waals surface area contributed by atoms with Crippen LogP contribution >= 0.6 is 11.8 Å². The molecule has 28 heavy (non-hydrogen) atoms. The van der Waals surface area contributed by atoms with Gasteiger partial charge in [-0.2, -0.15) is 0 Å². The lowest BCUT2D eigenvalue weighted by atomic mass is 9.87. The number of aromatic nitrogens is 1. The Kier molecular flexibility index (Phi) is 5.27. The third-order valence-corrected chi connectivity index (χ3v) is 6.19. The Hall–Kier alpha value is -3.08. The van der Waals surface area contributed by atoms with Gasteiger partial charge in [0.05, 0.1) is 17.6 Å². The van der Waals surface area contributed by atoms with Crippen LogP contribution in [0.2, 0.25) is 0 Å². The van der Waals surface area contributed by atoms with E-state index in [-0.39, 0.29) is 35.0 Å².